The van der Waals surface area contributed by atoms with Crippen LogP contribution in [0.4, 0.5) is 14.5 Å². The molecular weight excluding hydrogens is 556 g/mol. The molecule has 0 saturated carbocycles. The van der Waals surface area contributed by atoms with Gasteiger partial charge >= 0.3 is 0 Å². The fraction of sp³-hybridized carbons (Fsp3) is 0.310. The number of allylic oxidation sites excluding steroid dienone is 5. The van der Waals surface area contributed by atoms with Crippen molar-refractivity contribution in [1.82, 2.24) is 15.0 Å². The Bertz CT molecular complexity index is 1350. The molecule has 0 aliphatic rings. The van der Waals surface area contributed by atoms with Gasteiger partial charge in [0.25, 0.3) is 6.47 Å². The van der Waals surface area contributed by atoms with Gasteiger partial charge in [-0.15, -0.1) is 0 Å². The number of anilines is 1. The van der Waals surface area contributed by atoms with E-state index in [-0.39, 0.29) is 35.7 Å². The zero-order valence-corrected chi connectivity index (χ0v) is 24.6. The Balaban J connectivity index is 0.00000268. The van der Waals surface area contributed by atoms with E-state index in [0.29, 0.717) is 35.3 Å². The average Bonchev–Trinajstić information content (AvgIpc) is 2.91. The molecule has 0 bridgehead atoms. The average molecular weight is 590 g/mol. The van der Waals surface area contributed by atoms with Gasteiger partial charge in [0.2, 0.25) is 0 Å². The second-order valence-electron chi connectivity index (χ2n) is 9.49. The Labute approximate surface area is 243 Å². The summed E-state index contributed by atoms with van der Waals surface area (Å²) in [7, 11) is 1.84. The number of rotatable bonds is 11. The van der Waals surface area contributed by atoms with E-state index >= 15 is 0 Å². The number of aliphatic imine (C=N–C) groups is 1. The lowest BCUT2D eigenvalue weighted by Gasteiger charge is -2.24. The number of hydrogen-bond acceptors (Lipinski definition) is 8. The summed E-state index contributed by atoms with van der Waals surface area (Å²) in [6, 6.07) is 3.67. The molecule has 2 heterocycles. The van der Waals surface area contributed by atoms with Crippen molar-refractivity contribution < 1.29 is 28.2 Å². The molecule has 1 N–H and O–H groups in total. The van der Waals surface area contributed by atoms with Crippen molar-refractivity contribution in [1.29, 1.82) is 0 Å². The van der Waals surface area contributed by atoms with Crippen LogP contribution in [0, 0.1) is 6.92 Å². The fourth-order valence-electron chi connectivity index (χ4n) is 3.32. The maximum atomic E-state index is 13.9. The molecule has 0 unspecified atom stereocenters. The molecule has 0 fully saturated rings. The maximum Gasteiger partial charge on any atom is 0.290 e. The molecular formula is C29H34ClF2N5O4. The van der Waals surface area contributed by atoms with E-state index < -0.39 is 11.7 Å². The number of hydrogen-bond donors (Lipinski definition) is 1. The number of aromatic nitrogens is 3. The Morgan fingerprint density at radius 3 is 2.41 bits per heavy atom. The Kier molecular flexibility index (Phi) is 14.2. The van der Waals surface area contributed by atoms with Crippen molar-refractivity contribution in [3.05, 3.63) is 82.4 Å². The molecule has 0 saturated heterocycles. The molecule has 2 rings (SSSR count). The van der Waals surface area contributed by atoms with E-state index in [1.165, 1.54) is 0 Å². The van der Waals surface area contributed by atoms with E-state index in [1.807, 2.05) is 58.7 Å². The molecule has 2 aromatic rings. The summed E-state index contributed by atoms with van der Waals surface area (Å²) in [5.74, 6) is -0.870. The van der Waals surface area contributed by atoms with E-state index in [9.17, 15) is 13.6 Å². The van der Waals surface area contributed by atoms with Crippen molar-refractivity contribution in [3.63, 3.8) is 0 Å². The number of nitrogens with zero attached hydrogens (tertiary/aromatic N) is 5. The lowest BCUT2D eigenvalue weighted by Crippen LogP contribution is -2.18. The van der Waals surface area contributed by atoms with Gasteiger partial charge in [-0.25, -0.2) is 18.7 Å². The van der Waals surface area contributed by atoms with E-state index in [4.69, 9.17) is 31.2 Å². The third-order valence-electron chi connectivity index (χ3n) is 5.42. The van der Waals surface area contributed by atoms with Gasteiger partial charge in [0, 0.05) is 60.4 Å². The summed E-state index contributed by atoms with van der Waals surface area (Å²) in [5.41, 5.74) is 3.60. The summed E-state index contributed by atoms with van der Waals surface area (Å²) < 4.78 is 32.8. The van der Waals surface area contributed by atoms with Crippen molar-refractivity contribution in [2.75, 3.05) is 18.6 Å². The Morgan fingerprint density at radius 1 is 1.20 bits per heavy atom. The summed E-state index contributed by atoms with van der Waals surface area (Å²) in [6.07, 6.45) is 6.65. The summed E-state index contributed by atoms with van der Waals surface area (Å²) >= 11 is 6.06. The topological polar surface area (TPSA) is 118 Å². The van der Waals surface area contributed by atoms with Crippen LogP contribution in [0.2, 0.25) is 0 Å². The zero-order valence-electron chi connectivity index (χ0n) is 23.9. The molecule has 0 amide bonds. The zero-order chi connectivity index (χ0) is 31.2. The van der Waals surface area contributed by atoms with Gasteiger partial charge in [-0.3, -0.25) is 19.6 Å². The van der Waals surface area contributed by atoms with Crippen molar-refractivity contribution in [2.45, 2.75) is 46.5 Å². The SMILES string of the molecule is C=N/C=C(F)\C=C(\F)CCOC(/C=C(/C)N(C)c1ccnc(-c2ccnc(C(C)(C)C)n2)c1C)=C(\Cl)C=O.O=CO. The molecule has 220 valence electrons. The quantitative estimate of drug-likeness (QED) is 0.102. The fourth-order valence-corrected chi connectivity index (χ4v) is 3.43. The number of ether oxygens (including phenoxy) is 1. The minimum absolute atomic E-state index is 0.0557. The van der Waals surface area contributed by atoms with Crippen LogP contribution in [0.3, 0.4) is 0 Å². The largest absolute Gasteiger partial charge is 0.491 e. The van der Waals surface area contributed by atoms with Crippen LogP contribution in [0.1, 0.15) is 45.5 Å². The smallest absolute Gasteiger partial charge is 0.290 e. The molecule has 12 heteroatoms. The lowest BCUT2D eigenvalue weighted by atomic mass is 9.95. The number of pyridine rings is 1. The third kappa shape index (κ3) is 11.0. The van der Waals surface area contributed by atoms with Crippen LogP contribution < -0.4 is 4.90 Å². The van der Waals surface area contributed by atoms with Crippen LogP contribution in [-0.4, -0.2) is 53.2 Å². The van der Waals surface area contributed by atoms with Gasteiger partial charge < -0.3 is 14.7 Å². The maximum absolute atomic E-state index is 13.9. The van der Waals surface area contributed by atoms with Gasteiger partial charge in [0.1, 0.15) is 28.3 Å². The predicted octanol–water partition coefficient (Wildman–Crippen LogP) is 6.61. The standard InChI is InChI=1S/C28H32ClF2N5O2.CH2O2/c1-18(14-25(22(29)17-37)38-13-10-20(30)15-21(31)16-32-6)36(7)24-9-12-33-26(19(24)2)23-8-11-34-27(35-23)28(3,4)5;2-1-3/h8-9,11-12,14-17H,6,10,13H2,1-5,7H3;1H,(H,2,3)/b18-14-,20-15+,21-16+,25-22-;. The molecule has 0 atom stereocenters. The number of carbonyl (C=O) groups excluding carboxylic acids is 1. The summed E-state index contributed by atoms with van der Waals surface area (Å²) in [5, 5.41) is 6.70. The predicted molar refractivity (Wildman–Crippen MR) is 157 cm³/mol. The summed E-state index contributed by atoms with van der Waals surface area (Å²) in [4.78, 5) is 38.5. The first-order valence-corrected chi connectivity index (χ1v) is 12.6. The first-order valence-electron chi connectivity index (χ1n) is 12.2. The van der Waals surface area contributed by atoms with Gasteiger partial charge in [-0.05, 0) is 32.7 Å². The van der Waals surface area contributed by atoms with Crippen molar-refractivity contribution >= 4 is 36.8 Å². The molecule has 0 aliphatic heterocycles. The van der Waals surface area contributed by atoms with Crippen LogP contribution in [0.15, 0.2) is 76.0 Å². The van der Waals surface area contributed by atoms with Gasteiger partial charge in [-0.1, -0.05) is 32.4 Å². The highest BCUT2D eigenvalue weighted by atomic mass is 35.5. The minimum Gasteiger partial charge on any atom is -0.491 e. The van der Waals surface area contributed by atoms with Gasteiger partial charge in [-0.2, -0.15) is 0 Å². The normalized spacial score (nSPS) is 13.0. The van der Waals surface area contributed by atoms with Crippen molar-refractivity contribution in [3.8, 4) is 11.4 Å². The highest BCUT2D eigenvalue weighted by molar-refractivity contribution is 6.39. The number of carboxylic acid groups (broad SMARTS) is 1. The molecule has 0 spiro atoms. The monoisotopic (exact) mass is 589 g/mol. The second-order valence-corrected chi connectivity index (χ2v) is 9.89. The Hall–Kier alpha value is -4.25. The molecule has 41 heavy (non-hydrogen) atoms. The van der Waals surface area contributed by atoms with Crippen LogP contribution in [0.25, 0.3) is 11.4 Å². The lowest BCUT2D eigenvalue weighted by molar-refractivity contribution is -0.122. The first kappa shape index (κ1) is 34.8. The Morgan fingerprint density at radius 2 is 1.83 bits per heavy atom. The number of halogens is 3. The van der Waals surface area contributed by atoms with Crippen LogP contribution in [0.5, 0.6) is 0 Å². The van der Waals surface area contributed by atoms with E-state index in [2.05, 4.69) is 21.7 Å². The van der Waals surface area contributed by atoms with Gasteiger partial charge in [0.05, 0.1) is 24.2 Å². The van der Waals surface area contributed by atoms with Crippen LogP contribution in [-0.2, 0) is 19.7 Å². The van der Waals surface area contributed by atoms with E-state index in [1.54, 1.807) is 18.5 Å². The molecule has 9 nitrogen and oxygen atoms in total. The first-order chi connectivity index (χ1) is 19.3. The molecule has 0 aliphatic carbocycles. The van der Waals surface area contributed by atoms with Gasteiger partial charge in [0.15, 0.2) is 6.29 Å². The van der Waals surface area contributed by atoms with Crippen molar-refractivity contribution in [2.24, 2.45) is 4.99 Å². The molecule has 0 aromatic carbocycles. The van der Waals surface area contributed by atoms with Crippen LogP contribution >= 0.6 is 11.6 Å². The highest BCUT2D eigenvalue weighted by Crippen LogP contribution is 2.30. The second kappa shape index (κ2) is 16.8. The summed E-state index contributed by atoms with van der Waals surface area (Å²) in [6.45, 7) is 12.6. The highest BCUT2D eigenvalue weighted by Gasteiger charge is 2.20. The minimum atomic E-state index is -0.875. The molecule has 2 aromatic heterocycles. The molecule has 0 radical (unpaired) electrons. The van der Waals surface area contributed by atoms with E-state index in [0.717, 1.165) is 17.5 Å². The number of carbonyl (C=O) groups is 2. The number of aldehydes is 1. The third-order valence-corrected chi connectivity index (χ3v) is 5.70.